The minimum Gasteiger partial charge on any atom is -0.484 e. The summed E-state index contributed by atoms with van der Waals surface area (Å²) in [5.41, 5.74) is 1.33. The van der Waals surface area contributed by atoms with Gasteiger partial charge in [-0.2, -0.15) is 0 Å². The van der Waals surface area contributed by atoms with Crippen molar-refractivity contribution in [2.24, 2.45) is 0 Å². The van der Waals surface area contributed by atoms with Gasteiger partial charge in [-0.15, -0.1) is 0 Å². The van der Waals surface area contributed by atoms with Crippen LogP contribution in [0.25, 0.3) is 10.8 Å². The molecule has 0 aromatic heterocycles. The zero-order valence-corrected chi connectivity index (χ0v) is 16.5. The van der Waals surface area contributed by atoms with Crippen molar-refractivity contribution in [2.75, 3.05) is 32.8 Å². The van der Waals surface area contributed by atoms with E-state index >= 15 is 0 Å². The summed E-state index contributed by atoms with van der Waals surface area (Å²) in [6.07, 6.45) is 0.0343. The highest BCUT2D eigenvalue weighted by molar-refractivity contribution is 5.84. The average Bonchev–Trinajstić information content (AvgIpc) is 2.77. The lowest BCUT2D eigenvalue weighted by Gasteiger charge is -2.30. The second-order valence-corrected chi connectivity index (χ2v) is 7.46. The van der Waals surface area contributed by atoms with Crippen LogP contribution in [0.2, 0.25) is 0 Å². The van der Waals surface area contributed by atoms with Crippen molar-refractivity contribution in [3.05, 3.63) is 78.4 Å². The van der Waals surface area contributed by atoms with Gasteiger partial charge in [0, 0.05) is 12.1 Å². The van der Waals surface area contributed by atoms with Gasteiger partial charge in [0.15, 0.2) is 6.61 Å². The normalized spacial score (nSPS) is 19.0. The lowest BCUT2D eigenvalue weighted by Crippen LogP contribution is -3.13. The van der Waals surface area contributed by atoms with E-state index in [0.717, 1.165) is 37.0 Å². The number of hydrogen-bond acceptors (Lipinski definition) is 3. The van der Waals surface area contributed by atoms with Crippen molar-refractivity contribution in [3.8, 4) is 5.75 Å². The second-order valence-electron chi connectivity index (χ2n) is 7.46. The van der Waals surface area contributed by atoms with Crippen LogP contribution in [0.4, 0.5) is 0 Å². The number of nitrogens with one attached hydrogen (secondary N) is 2. The number of fused-ring (bicyclic) bond motifs is 1. The fourth-order valence-corrected chi connectivity index (χ4v) is 3.71. The van der Waals surface area contributed by atoms with Crippen LogP contribution in [0.5, 0.6) is 5.75 Å². The molecule has 1 aliphatic rings. The molecule has 0 aliphatic carbocycles. The molecule has 29 heavy (non-hydrogen) atoms. The number of ether oxygens (including phenoxy) is 2. The van der Waals surface area contributed by atoms with Crippen LogP contribution in [0.15, 0.2) is 72.8 Å². The van der Waals surface area contributed by atoms with Crippen molar-refractivity contribution in [3.63, 3.8) is 0 Å². The first-order chi connectivity index (χ1) is 14.3. The van der Waals surface area contributed by atoms with E-state index in [-0.39, 0.29) is 18.6 Å². The lowest BCUT2D eigenvalue weighted by molar-refractivity contribution is -0.925. The van der Waals surface area contributed by atoms with Gasteiger partial charge >= 0.3 is 0 Å². The van der Waals surface area contributed by atoms with Gasteiger partial charge in [0.1, 0.15) is 31.5 Å². The first-order valence-electron chi connectivity index (χ1n) is 10.1. The first-order valence-corrected chi connectivity index (χ1v) is 10.1. The fraction of sp³-hybridized carbons (Fsp3) is 0.292. The van der Waals surface area contributed by atoms with Gasteiger partial charge in [0.05, 0.1) is 6.61 Å². The summed E-state index contributed by atoms with van der Waals surface area (Å²) in [7, 11) is 0. The average molecular weight is 391 g/mol. The van der Waals surface area contributed by atoms with Crippen LogP contribution in [-0.4, -0.2) is 44.9 Å². The van der Waals surface area contributed by atoms with Gasteiger partial charge in [-0.3, -0.25) is 4.79 Å². The van der Waals surface area contributed by atoms with Crippen molar-refractivity contribution >= 4 is 16.7 Å². The molecule has 3 aromatic rings. The molecular weight excluding hydrogens is 364 g/mol. The van der Waals surface area contributed by atoms with Gasteiger partial charge in [-0.25, -0.2) is 0 Å². The molecule has 0 bridgehead atoms. The third kappa shape index (κ3) is 5.56. The highest BCUT2D eigenvalue weighted by atomic mass is 16.5. The van der Waals surface area contributed by atoms with Crippen LogP contribution < -0.4 is 15.0 Å². The standard InChI is InChI=1S/C24H26N2O3/c27-24(18-29-22-11-10-20-8-4-5-9-21(20)14-22)25-15-23-17-26(12-13-28-23)16-19-6-2-1-3-7-19/h1-11,14,23H,12-13,15-18H2,(H,25,27)/p+1/t23-/m1/s1. The predicted molar refractivity (Wildman–Crippen MR) is 113 cm³/mol. The van der Waals surface area contributed by atoms with E-state index in [9.17, 15) is 4.79 Å². The maximum Gasteiger partial charge on any atom is 0.258 e. The number of morpholine rings is 1. The minimum atomic E-state index is -0.128. The Morgan fingerprint density at radius 3 is 2.69 bits per heavy atom. The summed E-state index contributed by atoms with van der Waals surface area (Å²) in [4.78, 5) is 13.7. The van der Waals surface area contributed by atoms with Gasteiger partial charge in [-0.05, 0) is 22.9 Å². The first kappa shape index (κ1) is 19.4. The van der Waals surface area contributed by atoms with Crippen LogP contribution in [0.1, 0.15) is 5.56 Å². The number of carbonyl (C=O) groups excluding carboxylic acids is 1. The Balaban J connectivity index is 1.21. The number of benzene rings is 3. The third-order valence-corrected chi connectivity index (χ3v) is 5.24. The molecule has 5 nitrogen and oxygen atoms in total. The summed E-state index contributed by atoms with van der Waals surface area (Å²) in [5, 5.41) is 5.20. The largest absolute Gasteiger partial charge is 0.484 e. The Morgan fingerprint density at radius 2 is 1.83 bits per heavy atom. The van der Waals surface area contributed by atoms with Crippen molar-refractivity contribution in [1.82, 2.24) is 5.32 Å². The van der Waals surface area contributed by atoms with Crippen molar-refractivity contribution in [2.45, 2.75) is 12.6 Å². The number of hydrogen-bond donors (Lipinski definition) is 2. The Labute approximate surface area is 171 Å². The molecule has 1 aliphatic heterocycles. The summed E-state index contributed by atoms with van der Waals surface area (Å²) < 4.78 is 11.5. The molecule has 1 fully saturated rings. The quantitative estimate of drug-likeness (QED) is 0.646. The Bertz CT molecular complexity index is 945. The van der Waals surface area contributed by atoms with E-state index in [2.05, 4.69) is 35.6 Å². The molecule has 0 saturated carbocycles. The monoisotopic (exact) mass is 391 g/mol. The number of amides is 1. The zero-order valence-electron chi connectivity index (χ0n) is 16.5. The number of rotatable bonds is 7. The molecule has 1 heterocycles. The Morgan fingerprint density at radius 1 is 1.03 bits per heavy atom. The van der Waals surface area contributed by atoms with Crippen LogP contribution in [-0.2, 0) is 16.1 Å². The fourth-order valence-electron chi connectivity index (χ4n) is 3.71. The predicted octanol–water partition coefficient (Wildman–Crippen LogP) is 1.82. The molecule has 0 spiro atoms. The number of carbonyl (C=O) groups is 1. The van der Waals surface area contributed by atoms with E-state index in [4.69, 9.17) is 9.47 Å². The van der Waals surface area contributed by atoms with Crippen molar-refractivity contribution < 1.29 is 19.2 Å². The van der Waals surface area contributed by atoms with Gasteiger partial charge in [0.2, 0.25) is 0 Å². The highest BCUT2D eigenvalue weighted by Gasteiger charge is 2.24. The molecule has 1 saturated heterocycles. The Kier molecular flexibility index (Phi) is 6.39. The maximum atomic E-state index is 12.2. The van der Waals surface area contributed by atoms with E-state index in [1.54, 1.807) is 0 Å². The lowest BCUT2D eigenvalue weighted by atomic mass is 10.1. The van der Waals surface area contributed by atoms with E-state index in [1.165, 1.54) is 10.5 Å². The summed E-state index contributed by atoms with van der Waals surface area (Å²) >= 11 is 0. The SMILES string of the molecule is O=C(COc1ccc2ccccc2c1)NC[C@@H]1C[NH+](Cc2ccccc2)CCO1. The molecule has 1 unspecified atom stereocenters. The molecule has 150 valence electrons. The Hall–Kier alpha value is -2.89. The molecule has 3 aromatic carbocycles. The minimum absolute atomic E-state index is 0.00560. The maximum absolute atomic E-state index is 12.2. The zero-order chi connectivity index (χ0) is 19.9. The van der Waals surface area contributed by atoms with Crippen LogP contribution in [0.3, 0.4) is 0 Å². The molecule has 2 N–H and O–H groups in total. The highest BCUT2D eigenvalue weighted by Crippen LogP contribution is 2.20. The topological polar surface area (TPSA) is 52.0 Å². The van der Waals surface area contributed by atoms with Gasteiger partial charge < -0.3 is 19.7 Å². The summed E-state index contributed by atoms with van der Waals surface area (Å²) in [5.74, 6) is 0.572. The third-order valence-electron chi connectivity index (χ3n) is 5.24. The summed E-state index contributed by atoms with van der Waals surface area (Å²) in [6, 6.07) is 24.4. The van der Waals surface area contributed by atoms with E-state index in [1.807, 2.05) is 42.5 Å². The van der Waals surface area contributed by atoms with Crippen LogP contribution in [0, 0.1) is 0 Å². The molecule has 2 atom stereocenters. The van der Waals surface area contributed by atoms with E-state index < -0.39 is 0 Å². The smallest absolute Gasteiger partial charge is 0.258 e. The van der Waals surface area contributed by atoms with Gasteiger partial charge in [0.25, 0.3) is 5.91 Å². The molecule has 4 rings (SSSR count). The van der Waals surface area contributed by atoms with Gasteiger partial charge in [-0.1, -0.05) is 60.7 Å². The number of quaternary nitrogens is 1. The molecular formula is C24H27N2O3+. The molecule has 1 amide bonds. The van der Waals surface area contributed by atoms with E-state index in [0.29, 0.717) is 12.3 Å². The molecule has 5 heteroatoms. The molecule has 0 radical (unpaired) electrons. The summed E-state index contributed by atoms with van der Waals surface area (Å²) in [6.45, 7) is 4.10. The second kappa shape index (κ2) is 9.54. The van der Waals surface area contributed by atoms with Crippen LogP contribution >= 0.6 is 0 Å². The van der Waals surface area contributed by atoms with Crippen molar-refractivity contribution in [1.29, 1.82) is 0 Å².